The summed E-state index contributed by atoms with van der Waals surface area (Å²) in [6, 6.07) is 13.7. The fourth-order valence-corrected chi connectivity index (χ4v) is 2.21. The zero-order valence-electron chi connectivity index (χ0n) is 13.8. The van der Waals surface area contributed by atoms with Crippen molar-refractivity contribution in [3.63, 3.8) is 0 Å². The van der Waals surface area contributed by atoms with E-state index in [1.807, 2.05) is 24.3 Å². The lowest BCUT2D eigenvalue weighted by atomic mass is 10.1. The number of carboxylic acids is 1. The van der Waals surface area contributed by atoms with Gasteiger partial charge in [0.1, 0.15) is 5.75 Å². The maximum atomic E-state index is 11.1. The van der Waals surface area contributed by atoms with Gasteiger partial charge in [-0.2, -0.15) is 10.2 Å². The van der Waals surface area contributed by atoms with Crippen molar-refractivity contribution in [1.82, 2.24) is 15.2 Å². The molecule has 1 aromatic heterocycles. The number of anilines is 1. The van der Waals surface area contributed by atoms with E-state index in [1.54, 1.807) is 25.3 Å². The van der Waals surface area contributed by atoms with Gasteiger partial charge in [0.15, 0.2) is 0 Å². The molecule has 0 spiro atoms. The molecule has 0 aliphatic carbocycles. The van der Waals surface area contributed by atoms with E-state index in [1.165, 1.54) is 18.5 Å². The molecule has 0 radical (unpaired) electrons. The molecule has 0 atom stereocenters. The van der Waals surface area contributed by atoms with Gasteiger partial charge in [0, 0.05) is 16.7 Å². The quantitative estimate of drug-likeness (QED) is 0.528. The first-order chi connectivity index (χ1) is 12.7. The summed E-state index contributed by atoms with van der Waals surface area (Å²) >= 11 is 0. The van der Waals surface area contributed by atoms with E-state index >= 15 is 0 Å². The Labute approximate surface area is 149 Å². The van der Waals surface area contributed by atoms with E-state index in [9.17, 15) is 9.90 Å². The average Bonchev–Trinajstić information content (AvgIpc) is 2.68. The molecule has 0 aliphatic heterocycles. The van der Waals surface area contributed by atoms with Crippen LogP contribution in [0.5, 0.6) is 5.75 Å². The summed E-state index contributed by atoms with van der Waals surface area (Å²) in [5, 5.41) is 22.8. The maximum Gasteiger partial charge on any atom is 0.263 e. The summed E-state index contributed by atoms with van der Waals surface area (Å²) in [6.45, 7) is 0. The van der Waals surface area contributed by atoms with Gasteiger partial charge < -0.3 is 14.6 Å². The maximum absolute atomic E-state index is 11.1. The molecule has 3 rings (SSSR count). The van der Waals surface area contributed by atoms with E-state index in [0.717, 1.165) is 11.3 Å². The van der Waals surface area contributed by atoms with Crippen molar-refractivity contribution in [2.45, 2.75) is 0 Å². The number of hydrogen-bond donors (Lipinski definition) is 1. The highest BCUT2D eigenvalue weighted by Gasteiger charge is 2.04. The fourth-order valence-electron chi connectivity index (χ4n) is 2.21. The van der Waals surface area contributed by atoms with Crippen LogP contribution in [0.15, 0.2) is 59.8 Å². The molecule has 8 heteroatoms. The van der Waals surface area contributed by atoms with Gasteiger partial charge in [-0.25, -0.2) is 10.4 Å². The first-order valence-electron chi connectivity index (χ1n) is 7.61. The number of aromatic nitrogens is 3. The molecule has 0 fully saturated rings. The van der Waals surface area contributed by atoms with Gasteiger partial charge in [0.2, 0.25) is 0 Å². The molecule has 2 aromatic carbocycles. The van der Waals surface area contributed by atoms with Crippen LogP contribution >= 0.6 is 0 Å². The molecule has 0 aliphatic rings. The zero-order chi connectivity index (χ0) is 18.4. The lowest BCUT2D eigenvalue weighted by molar-refractivity contribution is -0.255. The summed E-state index contributed by atoms with van der Waals surface area (Å²) < 4.78 is 5.12. The van der Waals surface area contributed by atoms with Crippen LogP contribution in [0.1, 0.15) is 15.9 Å². The number of carbonyl (C=O) groups excluding carboxylic acids is 1. The molecule has 0 unspecified atom stereocenters. The second-order valence-corrected chi connectivity index (χ2v) is 5.14. The second-order valence-electron chi connectivity index (χ2n) is 5.14. The fraction of sp³-hybridized carbons (Fsp3) is 0.0556. The number of carboxylic acid groups (broad SMARTS) is 1. The van der Waals surface area contributed by atoms with E-state index in [-0.39, 0.29) is 11.5 Å². The number of hydrogen-bond acceptors (Lipinski definition) is 8. The Morgan fingerprint density at radius 1 is 1.19 bits per heavy atom. The number of hydrazone groups is 1. The lowest BCUT2D eigenvalue weighted by Crippen LogP contribution is -2.23. The molecule has 0 saturated heterocycles. The summed E-state index contributed by atoms with van der Waals surface area (Å²) in [6.07, 6.45) is 2.89. The van der Waals surface area contributed by atoms with Gasteiger partial charge in [-0.1, -0.05) is 24.3 Å². The summed E-state index contributed by atoms with van der Waals surface area (Å²) in [4.78, 5) is 15.4. The first-order valence-corrected chi connectivity index (χ1v) is 7.61. The minimum atomic E-state index is -1.27. The van der Waals surface area contributed by atoms with Gasteiger partial charge in [-0.05, 0) is 24.3 Å². The number of methoxy groups -OCH3 is 1. The Morgan fingerprint density at radius 3 is 2.69 bits per heavy atom. The number of ether oxygens (including phenoxy) is 1. The van der Waals surface area contributed by atoms with Gasteiger partial charge in [0.05, 0.1) is 31.2 Å². The van der Waals surface area contributed by atoms with Crippen molar-refractivity contribution < 1.29 is 14.6 Å². The van der Waals surface area contributed by atoms with Crippen molar-refractivity contribution in [2.75, 3.05) is 12.5 Å². The Morgan fingerprint density at radius 2 is 1.96 bits per heavy atom. The van der Waals surface area contributed by atoms with E-state index in [0.29, 0.717) is 11.3 Å². The average molecular weight is 348 g/mol. The Bertz CT molecular complexity index is 942. The largest absolute Gasteiger partial charge is 0.545 e. The number of aromatic carboxylic acids is 1. The predicted octanol–water partition coefficient (Wildman–Crippen LogP) is 1.36. The molecule has 1 heterocycles. The Kier molecular flexibility index (Phi) is 5.14. The third-order valence-corrected chi connectivity index (χ3v) is 3.49. The van der Waals surface area contributed by atoms with Crippen LogP contribution in [0.25, 0.3) is 11.3 Å². The van der Waals surface area contributed by atoms with Crippen molar-refractivity contribution in [3.05, 3.63) is 65.9 Å². The minimum absolute atomic E-state index is 0.0454. The molecule has 8 nitrogen and oxygen atoms in total. The Balaban J connectivity index is 1.76. The smallest absolute Gasteiger partial charge is 0.263 e. The second kappa shape index (κ2) is 7.84. The van der Waals surface area contributed by atoms with E-state index in [2.05, 4.69) is 25.7 Å². The number of nitrogens with zero attached hydrogens (tertiary/aromatic N) is 4. The van der Waals surface area contributed by atoms with Crippen molar-refractivity contribution in [2.24, 2.45) is 5.10 Å². The molecule has 0 amide bonds. The summed E-state index contributed by atoms with van der Waals surface area (Å²) in [7, 11) is 1.60. The first kappa shape index (κ1) is 17.0. The van der Waals surface area contributed by atoms with Crippen molar-refractivity contribution in [3.8, 4) is 17.0 Å². The van der Waals surface area contributed by atoms with Crippen molar-refractivity contribution in [1.29, 1.82) is 0 Å². The monoisotopic (exact) mass is 348 g/mol. The molecule has 130 valence electrons. The standard InChI is InChI=1S/C18H15N5O3/c1-26-14-8-6-12(7-9-14)16-11-20-23-18(21-16)22-19-10-13-4-2-3-5-15(13)17(24)25/h2-11H,1H3,(H,24,25)(H,21,22,23)/p-1/b19-10-. The Hall–Kier alpha value is -3.81. The van der Waals surface area contributed by atoms with Gasteiger partial charge in [0.25, 0.3) is 5.95 Å². The third kappa shape index (κ3) is 3.99. The number of benzene rings is 2. The van der Waals surface area contributed by atoms with Gasteiger partial charge in [-0.15, -0.1) is 5.10 Å². The summed E-state index contributed by atoms with van der Waals surface area (Å²) in [5.41, 5.74) is 4.54. The molecule has 0 saturated carbocycles. The number of nitrogens with one attached hydrogen (secondary N) is 1. The van der Waals surface area contributed by atoms with Crippen LogP contribution in [-0.4, -0.2) is 34.5 Å². The SMILES string of the molecule is COc1ccc(-c2cnnc(N/N=C\c3ccccc3C(=O)[O-])n2)cc1. The van der Waals surface area contributed by atoms with Crippen LogP contribution in [0.2, 0.25) is 0 Å². The lowest BCUT2D eigenvalue weighted by Gasteiger charge is -2.06. The van der Waals surface area contributed by atoms with Crippen LogP contribution in [0.3, 0.4) is 0 Å². The van der Waals surface area contributed by atoms with Crippen LogP contribution in [0.4, 0.5) is 5.95 Å². The molecule has 0 bridgehead atoms. The normalized spacial score (nSPS) is 10.7. The minimum Gasteiger partial charge on any atom is -0.545 e. The molecule has 26 heavy (non-hydrogen) atoms. The number of carbonyl (C=O) groups is 1. The predicted molar refractivity (Wildman–Crippen MR) is 93.8 cm³/mol. The highest BCUT2D eigenvalue weighted by molar-refractivity contribution is 5.97. The van der Waals surface area contributed by atoms with Crippen LogP contribution in [0, 0.1) is 0 Å². The molecular weight excluding hydrogens is 334 g/mol. The van der Waals surface area contributed by atoms with Gasteiger partial charge in [-0.3, -0.25) is 0 Å². The van der Waals surface area contributed by atoms with Crippen LogP contribution in [-0.2, 0) is 0 Å². The van der Waals surface area contributed by atoms with E-state index in [4.69, 9.17) is 4.74 Å². The highest BCUT2D eigenvalue weighted by atomic mass is 16.5. The topological polar surface area (TPSA) is 112 Å². The van der Waals surface area contributed by atoms with Gasteiger partial charge >= 0.3 is 0 Å². The third-order valence-electron chi connectivity index (χ3n) is 3.49. The van der Waals surface area contributed by atoms with E-state index < -0.39 is 5.97 Å². The molecule has 3 aromatic rings. The molecule has 1 N–H and O–H groups in total. The zero-order valence-corrected chi connectivity index (χ0v) is 13.8. The van der Waals surface area contributed by atoms with Crippen molar-refractivity contribution >= 4 is 18.1 Å². The number of rotatable bonds is 6. The highest BCUT2D eigenvalue weighted by Crippen LogP contribution is 2.20. The van der Waals surface area contributed by atoms with Crippen LogP contribution < -0.4 is 15.3 Å². The summed E-state index contributed by atoms with van der Waals surface area (Å²) in [5.74, 6) is -0.350. The molecular formula is C18H14N5O3-.